The standard InChI is InChI=1S/C15H21BrN4/c1-10(2)20-15(13(16)9-18-20)14(17)11-5-7-12(8-6-11)19(3)4/h5-10,14H,17H2,1-4H3. The molecular weight excluding hydrogens is 316 g/mol. The average Bonchev–Trinajstić information content (AvgIpc) is 2.80. The van der Waals surface area contributed by atoms with Crippen molar-refractivity contribution in [1.29, 1.82) is 0 Å². The summed E-state index contributed by atoms with van der Waals surface area (Å²) in [6.45, 7) is 4.20. The van der Waals surface area contributed by atoms with E-state index in [1.54, 1.807) is 0 Å². The predicted octanol–water partition coefficient (Wildman–Crippen LogP) is 3.34. The van der Waals surface area contributed by atoms with Gasteiger partial charge in [-0.1, -0.05) is 12.1 Å². The van der Waals surface area contributed by atoms with Crippen LogP contribution >= 0.6 is 15.9 Å². The Bertz CT molecular complexity index is 572. The second kappa shape index (κ2) is 5.97. The molecule has 0 aliphatic heterocycles. The summed E-state index contributed by atoms with van der Waals surface area (Å²) in [5.41, 5.74) is 9.68. The molecule has 0 aliphatic rings. The van der Waals surface area contributed by atoms with Gasteiger partial charge in [-0.15, -0.1) is 0 Å². The summed E-state index contributed by atoms with van der Waals surface area (Å²) in [5.74, 6) is 0. The lowest BCUT2D eigenvalue weighted by molar-refractivity contribution is 0.498. The van der Waals surface area contributed by atoms with Crippen LogP contribution in [0.15, 0.2) is 34.9 Å². The molecular formula is C15H21BrN4. The Morgan fingerprint density at radius 1 is 1.20 bits per heavy atom. The van der Waals surface area contributed by atoms with Gasteiger partial charge in [0.05, 0.1) is 22.4 Å². The van der Waals surface area contributed by atoms with E-state index in [1.165, 1.54) is 0 Å². The first-order chi connectivity index (χ1) is 9.41. The molecule has 0 saturated heterocycles. The number of benzene rings is 1. The minimum atomic E-state index is -0.189. The van der Waals surface area contributed by atoms with E-state index < -0.39 is 0 Å². The van der Waals surface area contributed by atoms with E-state index in [-0.39, 0.29) is 12.1 Å². The van der Waals surface area contributed by atoms with Gasteiger partial charge >= 0.3 is 0 Å². The maximum Gasteiger partial charge on any atom is 0.0741 e. The Kier molecular flexibility index (Phi) is 4.50. The molecule has 0 fully saturated rings. The maximum atomic E-state index is 6.42. The van der Waals surface area contributed by atoms with Crippen LogP contribution in [0.25, 0.3) is 0 Å². The summed E-state index contributed by atoms with van der Waals surface area (Å²) >= 11 is 3.55. The van der Waals surface area contributed by atoms with E-state index in [4.69, 9.17) is 5.73 Å². The molecule has 0 aliphatic carbocycles. The molecule has 1 aromatic heterocycles. The molecule has 0 amide bonds. The molecule has 2 rings (SSSR count). The molecule has 0 saturated carbocycles. The van der Waals surface area contributed by atoms with Crippen molar-refractivity contribution in [3.8, 4) is 0 Å². The molecule has 2 aromatic rings. The van der Waals surface area contributed by atoms with Gasteiger partial charge in [0.1, 0.15) is 0 Å². The van der Waals surface area contributed by atoms with Crippen molar-refractivity contribution in [2.45, 2.75) is 25.9 Å². The van der Waals surface area contributed by atoms with Crippen LogP contribution in [0.1, 0.15) is 37.2 Å². The molecule has 1 unspecified atom stereocenters. The largest absolute Gasteiger partial charge is 0.378 e. The first-order valence-corrected chi connectivity index (χ1v) is 7.47. The summed E-state index contributed by atoms with van der Waals surface area (Å²) in [6.07, 6.45) is 1.81. The summed E-state index contributed by atoms with van der Waals surface area (Å²) in [7, 11) is 4.05. The fourth-order valence-electron chi connectivity index (χ4n) is 2.19. The lowest BCUT2D eigenvalue weighted by atomic mass is 10.0. The predicted molar refractivity (Wildman–Crippen MR) is 87.1 cm³/mol. The van der Waals surface area contributed by atoms with Crippen LogP contribution in [-0.4, -0.2) is 23.9 Å². The number of hydrogen-bond donors (Lipinski definition) is 1. The second-order valence-electron chi connectivity index (χ2n) is 5.38. The van der Waals surface area contributed by atoms with Crippen molar-refractivity contribution in [3.63, 3.8) is 0 Å². The third kappa shape index (κ3) is 2.88. The zero-order valence-electron chi connectivity index (χ0n) is 12.3. The van der Waals surface area contributed by atoms with Gasteiger partial charge in [0, 0.05) is 25.8 Å². The van der Waals surface area contributed by atoms with Gasteiger partial charge in [0.2, 0.25) is 0 Å². The summed E-state index contributed by atoms with van der Waals surface area (Å²) < 4.78 is 2.92. The zero-order chi connectivity index (χ0) is 14.9. The van der Waals surface area contributed by atoms with Gasteiger partial charge in [-0.2, -0.15) is 5.10 Å². The summed E-state index contributed by atoms with van der Waals surface area (Å²) in [6, 6.07) is 8.40. The van der Waals surface area contributed by atoms with Crippen LogP contribution in [0, 0.1) is 0 Å². The van der Waals surface area contributed by atoms with Crippen molar-refractivity contribution in [1.82, 2.24) is 9.78 Å². The van der Waals surface area contributed by atoms with Gasteiger partial charge in [-0.05, 0) is 47.5 Å². The topological polar surface area (TPSA) is 47.1 Å². The van der Waals surface area contributed by atoms with Crippen LogP contribution in [0.4, 0.5) is 5.69 Å². The van der Waals surface area contributed by atoms with Crippen LogP contribution in [0.2, 0.25) is 0 Å². The quantitative estimate of drug-likeness (QED) is 0.931. The highest BCUT2D eigenvalue weighted by molar-refractivity contribution is 9.10. The molecule has 0 bridgehead atoms. The van der Waals surface area contributed by atoms with Crippen LogP contribution in [0.3, 0.4) is 0 Å². The molecule has 4 nitrogen and oxygen atoms in total. The normalized spacial score (nSPS) is 12.8. The lowest BCUT2D eigenvalue weighted by Crippen LogP contribution is -2.19. The SMILES string of the molecule is CC(C)n1ncc(Br)c1C(N)c1ccc(N(C)C)cc1. The first kappa shape index (κ1) is 15.1. The zero-order valence-corrected chi connectivity index (χ0v) is 13.9. The van der Waals surface area contributed by atoms with Gasteiger partial charge in [-0.25, -0.2) is 0 Å². The molecule has 1 atom stereocenters. The smallest absolute Gasteiger partial charge is 0.0741 e. The summed E-state index contributed by atoms with van der Waals surface area (Å²) in [5, 5.41) is 4.39. The molecule has 20 heavy (non-hydrogen) atoms. The van der Waals surface area contributed by atoms with Gasteiger partial charge in [0.25, 0.3) is 0 Å². The Morgan fingerprint density at radius 2 is 1.80 bits per heavy atom. The van der Waals surface area contributed by atoms with E-state index in [2.05, 4.69) is 64.0 Å². The number of rotatable bonds is 4. The fourth-order valence-corrected chi connectivity index (χ4v) is 2.71. The Morgan fingerprint density at radius 3 is 2.30 bits per heavy atom. The van der Waals surface area contributed by atoms with Crippen LogP contribution in [0.5, 0.6) is 0 Å². The van der Waals surface area contributed by atoms with Crippen molar-refractivity contribution in [2.75, 3.05) is 19.0 Å². The van der Waals surface area contributed by atoms with Crippen molar-refractivity contribution in [3.05, 3.63) is 46.2 Å². The minimum Gasteiger partial charge on any atom is -0.378 e. The van der Waals surface area contributed by atoms with Crippen LogP contribution in [-0.2, 0) is 0 Å². The van der Waals surface area contributed by atoms with Crippen molar-refractivity contribution >= 4 is 21.6 Å². The number of anilines is 1. The van der Waals surface area contributed by atoms with Gasteiger partial charge in [-0.3, -0.25) is 4.68 Å². The van der Waals surface area contributed by atoms with E-state index in [0.29, 0.717) is 0 Å². The Balaban J connectivity index is 2.36. The monoisotopic (exact) mass is 336 g/mol. The van der Waals surface area contributed by atoms with E-state index in [1.807, 2.05) is 25.0 Å². The number of nitrogens with zero attached hydrogens (tertiary/aromatic N) is 3. The number of aromatic nitrogens is 2. The average molecular weight is 337 g/mol. The van der Waals surface area contributed by atoms with Crippen molar-refractivity contribution < 1.29 is 0 Å². The Labute approximate surface area is 128 Å². The van der Waals surface area contributed by atoms with Gasteiger partial charge < -0.3 is 10.6 Å². The van der Waals surface area contributed by atoms with Gasteiger partial charge in [0.15, 0.2) is 0 Å². The molecule has 2 N–H and O–H groups in total. The molecule has 0 radical (unpaired) electrons. The number of hydrogen-bond acceptors (Lipinski definition) is 3. The van der Waals surface area contributed by atoms with E-state index in [9.17, 15) is 0 Å². The number of halogens is 1. The summed E-state index contributed by atoms with van der Waals surface area (Å²) in [4.78, 5) is 2.07. The van der Waals surface area contributed by atoms with Crippen molar-refractivity contribution in [2.24, 2.45) is 5.73 Å². The second-order valence-corrected chi connectivity index (χ2v) is 6.23. The maximum absolute atomic E-state index is 6.42. The Hall–Kier alpha value is -1.33. The molecule has 0 spiro atoms. The molecule has 5 heteroatoms. The fraction of sp³-hybridized carbons (Fsp3) is 0.400. The minimum absolute atomic E-state index is 0.189. The van der Waals surface area contributed by atoms with E-state index in [0.717, 1.165) is 21.4 Å². The van der Waals surface area contributed by atoms with E-state index >= 15 is 0 Å². The highest BCUT2D eigenvalue weighted by atomic mass is 79.9. The molecule has 1 heterocycles. The molecule has 1 aromatic carbocycles. The molecule has 108 valence electrons. The lowest BCUT2D eigenvalue weighted by Gasteiger charge is -2.19. The number of nitrogens with two attached hydrogens (primary N) is 1. The third-order valence-corrected chi connectivity index (χ3v) is 3.95. The highest BCUT2D eigenvalue weighted by Gasteiger charge is 2.19. The highest BCUT2D eigenvalue weighted by Crippen LogP contribution is 2.29. The first-order valence-electron chi connectivity index (χ1n) is 6.67. The van der Waals surface area contributed by atoms with Crippen LogP contribution < -0.4 is 10.6 Å². The third-order valence-electron chi connectivity index (χ3n) is 3.34.